The molecular formula is C12H8BrClF2S. The van der Waals surface area contributed by atoms with E-state index in [1.54, 1.807) is 13.0 Å². The number of halogens is 4. The van der Waals surface area contributed by atoms with E-state index >= 15 is 0 Å². The summed E-state index contributed by atoms with van der Waals surface area (Å²) in [5.74, 6) is -1.11. The van der Waals surface area contributed by atoms with Gasteiger partial charge in [-0.3, -0.25) is 0 Å². The lowest BCUT2D eigenvalue weighted by Gasteiger charge is -2.11. The van der Waals surface area contributed by atoms with Gasteiger partial charge in [-0.1, -0.05) is 27.5 Å². The van der Waals surface area contributed by atoms with Crippen LogP contribution in [-0.2, 0) is 0 Å². The van der Waals surface area contributed by atoms with E-state index in [4.69, 9.17) is 11.6 Å². The van der Waals surface area contributed by atoms with Gasteiger partial charge in [-0.2, -0.15) is 0 Å². The Bertz CT molecular complexity index is 553. The van der Waals surface area contributed by atoms with Crippen LogP contribution in [0.4, 0.5) is 8.78 Å². The zero-order valence-corrected chi connectivity index (χ0v) is 12.0. The van der Waals surface area contributed by atoms with Crippen molar-refractivity contribution in [2.24, 2.45) is 0 Å². The van der Waals surface area contributed by atoms with Crippen molar-refractivity contribution in [3.05, 3.63) is 56.2 Å². The highest BCUT2D eigenvalue weighted by atomic mass is 79.9. The summed E-state index contributed by atoms with van der Waals surface area (Å²) >= 11 is 10.8. The molecule has 0 bridgehead atoms. The molecule has 2 aromatic rings. The first-order valence-corrected chi connectivity index (χ1v) is 7.00. The van der Waals surface area contributed by atoms with Gasteiger partial charge in [0.15, 0.2) is 0 Å². The average molecular weight is 338 g/mol. The van der Waals surface area contributed by atoms with Crippen LogP contribution < -0.4 is 0 Å². The quantitative estimate of drug-likeness (QED) is 0.637. The Hall–Kier alpha value is -0.450. The van der Waals surface area contributed by atoms with Crippen LogP contribution in [0.15, 0.2) is 23.6 Å². The second-order valence-electron chi connectivity index (χ2n) is 3.62. The van der Waals surface area contributed by atoms with E-state index in [1.165, 1.54) is 17.4 Å². The molecule has 0 N–H and O–H groups in total. The van der Waals surface area contributed by atoms with Gasteiger partial charge in [0.25, 0.3) is 0 Å². The summed E-state index contributed by atoms with van der Waals surface area (Å²) in [6.07, 6.45) is 0. The fourth-order valence-electron chi connectivity index (χ4n) is 1.50. The largest absolute Gasteiger partial charge is 0.207 e. The Balaban J connectivity index is 2.48. The molecular weight excluding hydrogens is 330 g/mol. The lowest BCUT2D eigenvalue weighted by molar-refractivity contribution is 0.569. The highest BCUT2D eigenvalue weighted by Gasteiger charge is 2.20. The second kappa shape index (κ2) is 5.04. The third-order valence-corrected chi connectivity index (χ3v) is 5.10. The Morgan fingerprint density at radius 1 is 1.29 bits per heavy atom. The van der Waals surface area contributed by atoms with E-state index in [0.717, 1.165) is 10.9 Å². The monoisotopic (exact) mass is 336 g/mol. The Morgan fingerprint density at radius 3 is 2.59 bits per heavy atom. The first-order valence-electron chi connectivity index (χ1n) is 4.83. The molecule has 0 nitrogen and oxygen atoms in total. The standard InChI is InChI=1S/C12H8BrClF2S/c1-6-4-7(10(16)5-9(6)15)11(13)12-8(14)2-3-17-12/h2-5,11H,1H3. The fourth-order valence-corrected chi connectivity index (χ4v) is 3.71. The predicted molar refractivity (Wildman–Crippen MR) is 71.2 cm³/mol. The van der Waals surface area contributed by atoms with Gasteiger partial charge in [0.2, 0.25) is 0 Å². The Labute approximate surface area is 115 Å². The van der Waals surface area contributed by atoms with Crippen LogP contribution in [0.3, 0.4) is 0 Å². The van der Waals surface area contributed by atoms with Gasteiger partial charge < -0.3 is 0 Å². The number of benzene rings is 1. The zero-order chi connectivity index (χ0) is 12.6. The molecule has 1 heterocycles. The van der Waals surface area contributed by atoms with Crippen LogP contribution >= 0.6 is 38.9 Å². The first-order chi connectivity index (χ1) is 8.00. The average Bonchev–Trinajstić information content (AvgIpc) is 2.69. The normalized spacial score (nSPS) is 12.8. The topological polar surface area (TPSA) is 0 Å². The van der Waals surface area contributed by atoms with E-state index in [1.807, 2.05) is 5.38 Å². The van der Waals surface area contributed by atoms with E-state index in [2.05, 4.69) is 15.9 Å². The molecule has 0 amide bonds. The number of aryl methyl sites for hydroxylation is 1. The van der Waals surface area contributed by atoms with Crippen molar-refractivity contribution in [2.75, 3.05) is 0 Å². The third kappa shape index (κ3) is 2.54. The molecule has 17 heavy (non-hydrogen) atoms. The fraction of sp³-hybridized carbons (Fsp3) is 0.167. The number of hydrogen-bond acceptors (Lipinski definition) is 1. The van der Waals surface area contributed by atoms with Crippen LogP contribution in [0.5, 0.6) is 0 Å². The molecule has 5 heteroatoms. The SMILES string of the molecule is Cc1cc(C(Br)c2sccc2Cl)c(F)cc1F. The van der Waals surface area contributed by atoms with Gasteiger partial charge in [-0.05, 0) is 30.0 Å². The number of hydrogen-bond donors (Lipinski definition) is 0. The highest BCUT2D eigenvalue weighted by molar-refractivity contribution is 9.09. The minimum absolute atomic E-state index is 0.353. The molecule has 0 aliphatic carbocycles. The molecule has 0 spiro atoms. The first kappa shape index (κ1) is 13.0. The summed E-state index contributed by atoms with van der Waals surface area (Å²) in [5, 5.41) is 2.42. The van der Waals surface area contributed by atoms with Crippen LogP contribution in [0.25, 0.3) is 0 Å². The van der Waals surface area contributed by atoms with E-state index < -0.39 is 11.6 Å². The molecule has 1 unspecified atom stereocenters. The molecule has 1 atom stereocenters. The zero-order valence-electron chi connectivity index (χ0n) is 8.81. The molecule has 0 saturated heterocycles. The molecule has 0 aliphatic heterocycles. The second-order valence-corrected chi connectivity index (χ2v) is 5.89. The van der Waals surface area contributed by atoms with E-state index in [-0.39, 0.29) is 4.83 Å². The lowest BCUT2D eigenvalue weighted by atomic mass is 10.1. The maximum absolute atomic E-state index is 13.7. The van der Waals surface area contributed by atoms with Crippen LogP contribution in [-0.4, -0.2) is 0 Å². The Kier molecular flexibility index (Phi) is 3.85. The van der Waals surface area contributed by atoms with Crippen molar-refractivity contribution < 1.29 is 8.78 Å². The van der Waals surface area contributed by atoms with Crippen molar-refractivity contribution >= 4 is 38.9 Å². The molecule has 0 saturated carbocycles. The smallest absolute Gasteiger partial charge is 0.130 e. The van der Waals surface area contributed by atoms with E-state index in [9.17, 15) is 8.78 Å². The van der Waals surface area contributed by atoms with Gasteiger partial charge in [-0.25, -0.2) is 8.78 Å². The Morgan fingerprint density at radius 2 is 2.00 bits per heavy atom. The molecule has 90 valence electrons. The van der Waals surface area contributed by atoms with Crippen molar-refractivity contribution in [2.45, 2.75) is 11.8 Å². The summed E-state index contributed by atoms with van der Waals surface area (Å²) < 4.78 is 26.9. The molecule has 1 aromatic carbocycles. The van der Waals surface area contributed by atoms with Gasteiger partial charge in [0.1, 0.15) is 11.6 Å². The van der Waals surface area contributed by atoms with Gasteiger partial charge in [0.05, 0.1) is 9.85 Å². The van der Waals surface area contributed by atoms with Gasteiger partial charge in [-0.15, -0.1) is 11.3 Å². The maximum atomic E-state index is 13.7. The van der Waals surface area contributed by atoms with Gasteiger partial charge >= 0.3 is 0 Å². The van der Waals surface area contributed by atoms with Crippen molar-refractivity contribution in [1.82, 2.24) is 0 Å². The summed E-state index contributed by atoms with van der Waals surface area (Å²) in [6.45, 7) is 1.61. The molecule has 0 aliphatic rings. The minimum atomic E-state index is -0.570. The molecule has 2 rings (SSSR count). The lowest BCUT2D eigenvalue weighted by Crippen LogP contribution is -1.98. The van der Waals surface area contributed by atoms with E-state index in [0.29, 0.717) is 16.1 Å². The summed E-state index contributed by atoms with van der Waals surface area (Å²) in [6, 6.07) is 4.16. The van der Waals surface area contributed by atoms with Crippen molar-refractivity contribution in [1.29, 1.82) is 0 Å². The van der Waals surface area contributed by atoms with Crippen molar-refractivity contribution in [3.63, 3.8) is 0 Å². The minimum Gasteiger partial charge on any atom is -0.207 e. The number of rotatable bonds is 2. The highest BCUT2D eigenvalue weighted by Crippen LogP contribution is 2.40. The number of alkyl halides is 1. The molecule has 0 radical (unpaired) electrons. The van der Waals surface area contributed by atoms with Crippen LogP contribution in [0.1, 0.15) is 20.8 Å². The summed E-state index contributed by atoms with van der Waals surface area (Å²) in [7, 11) is 0. The number of thiophene rings is 1. The van der Waals surface area contributed by atoms with Crippen molar-refractivity contribution in [3.8, 4) is 0 Å². The molecule has 0 fully saturated rings. The van der Waals surface area contributed by atoms with Gasteiger partial charge in [0, 0.05) is 16.5 Å². The predicted octanol–water partition coefficient (Wildman–Crippen LogP) is 5.47. The van der Waals surface area contributed by atoms with Crippen LogP contribution in [0, 0.1) is 18.6 Å². The summed E-state index contributed by atoms with van der Waals surface area (Å²) in [4.78, 5) is 0.464. The molecule has 1 aromatic heterocycles. The maximum Gasteiger partial charge on any atom is 0.130 e. The third-order valence-electron chi connectivity index (χ3n) is 2.43. The van der Waals surface area contributed by atoms with Crippen LogP contribution in [0.2, 0.25) is 5.02 Å². The summed E-state index contributed by atoms with van der Waals surface area (Å²) in [5.41, 5.74) is 0.812.